The Bertz CT molecular complexity index is 479. The highest BCUT2D eigenvalue weighted by Gasteiger charge is 2.12. The molecule has 0 bridgehead atoms. The fourth-order valence-electron chi connectivity index (χ4n) is 1.76. The van der Waals surface area contributed by atoms with E-state index in [0.29, 0.717) is 36.9 Å². The van der Waals surface area contributed by atoms with Crippen LogP contribution >= 0.6 is 0 Å². The molecule has 7 nitrogen and oxygen atoms in total. The van der Waals surface area contributed by atoms with Crippen molar-refractivity contribution in [2.75, 3.05) is 13.7 Å². The summed E-state index contributed by atoms with van der Waals surface area (Å²) < 4.78 is 4.53. The van der Waals surface area contributed by atoms with Crippen LogP contribution in [0.5, 0.6) is 0 Å². The molecule has 0 aliphatic carbocycles. The molecule has 0 spiro atoms. The zero-order valence-electron chi connectivity index (χ0n) is 12.0. The maximum absolute atomic E-state index is 11.8. The molecule has 0 radical (unpaired) electrons. The molecule has 1 heterocycles. The number of esters is 1. The van der Waals surface area contributed by atoms with Gasteiger partial charge >= 0.3 is 5.97 Å². The monoisotopic (exact) mass is 295 g/mol. The van der Waals surface area contributed by atoms with Crippen molar-refractivity contribution in [3.63, 3.8) is 0 Å². The lowest BCUT2D eigenvalue weighted by atomic mass is 10.1. The second-order valence-electron chi connectivity index (χ2n) is 4.62. The molecular weight excluding hydrogens is 274 g/mol. The van der Waals surface area contributed by atoms with E-state index >= 15 is 0 Å². The second kappa shape index (κ2) is 9.04. The van der Waals surface area contributed by atoms with Gasteiger partial charge < -0.3 is 20.9 Å². The molecule has 1 aromatic rings. The number of nitrogens with zero attached hydrogens (tertiary/aromatic N) is 1. The standard InChI is InChI=1S/C14H21N3O4/c1-21-14(20)12(15)4-2-3-5-17-13(19)11-6-10(9-18)7-16-8-11/h6-8,12,18H,2-5,9,15H2,1H3,(H,17,19)/t12-/m0/s1. The third-order valence-corrected chi connectivity index (χ3v) is 2.97. The minimum atomic E-state index is -0.615. The summed E-state index contributed by atoms with van der Waals surface area (Å²) in [5.74, 6) is -0.666. The van der Waals surface area contributed by atoms with Gasteiger partial charge in [0.05, 0.1) is 19.3 Å². The predicted octanol–water partition coefficient (Wildman–Crippen LogP) is -0.0257. The smallest absolute Gasteiger partial charge is 0.322 e. The molecule has 4 N–H and O–H groups in total. The van der Waals surface area contributed by atoms with Crippen LogP contribution in [0.1, 0.15) is 35.2 Å². The molecule has 7 heteroatoms. The Morgan fingerprint density at radius 3 is 2.86 bits per heavy atom. The molecule has 21 heavy (non-hydrogen) atoms. The van der Waals surface area contributed by atoms with Gasteiger partial charge in [0.2, 0.25) is 0 Å². The van der Waals surface area contributed by atoms with Gasteiger partial charge in [-0.1, -0.05) is 0 Å². The van der Waals surface area contributed by atoms with Gasteiger partial charge in [-0.3, -0.25) is 14.6 Å². The lowest BCUT2D eigenvalue weighted by Crippen LogP contribution is -2.31. The fourth-order valence-corrected chi connectivity index (χ4v) is 1.76. The van der Waals surface area contributed by atoms with Gasteiger partial charge in [-0.2, -0.15) is 0 Å². The predicted molar refractivity (Wildman–Crippen MR) is 76.3 cm³/mol. The molecule has 1 atom stereocenters. The van der Waals surface area contributed by atoms with Crippen LogP contribution < -0.4 is 11.1 Å². The molecule has 0 aliphatic rings. The summed E-state index contributed by atoms with van der Waals surface area (Å²) in [6.07, 6.45) is 4.89. The number of ether oxygens (including phenoxy) is 1. The third-order valence-electron chi connectivity index (χ3n) is 2.97. The Hall–Kier alpha value is -1.99. The van der Waals surface area contributed by atoms with Crippen molar-refractivity contribution < 1.29 is 19.4 Å². The number of nitrogens with one attached hydrogen (secondary N) is 1. The molecule has 0 saturated heterocycles. The largest absolute Gasteiger partial charge is 0.468 e. The van der Waals surface area contributed by atoms with Gasteiger partial charge in [-0.25, -0.2) is 0 Å². The summed E-state index contributed by atoms with van der Waals surface area (Å²) in [5.41, 5.74) is 6.60. The second-order valence-corrected chi connectivity index (χ2v) is 4.62. The normalized spacial score (nSPS) is 11.8. The highest BCUT2D eigenvalue weighted by Crippen LogP contribution is 2.03. The first-order valence-corrected chi connectivity index (χ1v) is 6.75. The zero-order valence-corrected chi connectivity index (χ0v) is 12.0. The molecule has 0 saturated carbocycles. The van der Waals surface area contributed by atoms with E-state index in [1.54, 1.807) is 6.07 Å². The van der Waals surface area contributed by atoms with Gasteiger partial charge in [0.15, 0.2) is 0 Å². The molecule has 1 rings (SSSR count). The van der Waals surface area contributed by atoms with E-state index in [9.17, 15) is 9.59 Å². The number of unbranched alkanes of at least 4 members (excludes halogenated alkanes) is 1. The van der Waals surface area contributed by atoms with Crippen molar-refractivity contribution in [3.8, 4) is 0 Å². The molecular formula is C14H21N3O4. The first-order chi connectivity index (χ1) is 10.1. The number of aliphatic hydroxyl groups is 1. The molecule has 0 aromatic carbocycles. The topological polar surface area (TPSA) is 115 Å². The number of amides is 1. The van der Waals surface area contributed by atoms with Crippen LogP contribution in [0, 0.1) is 0 Å². The average Bonchev–Trinajstić information content (AvgIpc) is 2.53. The number of pyridine rings is 1. The van der Waals surface area contributed by atoms with Gasteiger partial charge in [0.25, 0.3) is 5.91 Å². The van der Waals surface area contributed by atoms with Crippen molar-refractivity contribution in [1.29, 1.82) is 0 Å². The number of carbonyl (C=O) groups excluding carboxylic acids is 2. The highest BCUT2D eigenvalue weighted by atomic mass is 16.5. The maximum atomic E-state index is 11.8. The maximum Gasteiger partial charge on any atom is 0.322 e. The van der Waals surface area contributed by atoms with Crippen LogP contribution in [0.4, 0.5) is 0 Å². The minimum Gasteiger partial charge on any atom is -0.468 e. The first kappa shape index (κ1) is 17.1. The van der Waals surface area contributed by atoms with Crippen LogP contribution in [0.2, 0.25) is 0 Å². The quantitative estimate of drug-likeness (QED) is 0.458. The van der Waals surface area contributed by atoms with Crippen molar-refractivity contribution in [2.45, 2.75) is 31.9 Å². The number of aliphatic hydroxyl groups excluding tert-OH is 1. The summed E-state index contributed by atoms with van der Waals surface area (Å²) in [7, 11) is 1.30. The zero-order chi connectivity index (χ0) is 15.7. The van der Waals surface area contributed by atoms with E-state index < -0.39 is 12.0 Å². The molecule has 0 unspecified atom stereocenters. The minimum absolute atomic E-state index is 0.153. The number of rotatable bonds is 8. The van der Waals surface area contributed by atoms with Gasteiger partial charge in [-0.05, 0) is 30.9 Å². The van der Waals surface area contributed by atoms with Crippen LogP contribution in [-0.4, -0.2) is 41.7 Å². The van der Waals surface area contributed by atoms with E-state index in [1.807, 2.05) is 0 Å². The fraction of sp³-hybridized carbons (Fsp3) is 0.500. The first-order valence-electron chi connectivity index (χ1n) is 6.75. The third kappa shape index (κ3) is 5.88. The summed E-state index contributed by atoms with van der Waals surface area (Å²) in [6.45, 7) is 0.329. The lowest BCUT2D eigenvalue weighted by molar-refractivity contribution is -0.142. The summed E-state index contributed by atoms with van der Waals surface area (Å²) in [4.78, 5) is 26.8. The van der Waals surface area contributed by atoms with E-state index in [1.165, 1.54) is 19.5 Å². The molecule has 1 amide bonds. The Morgan fingerprint density at radius 1 is 1.43 bits per heavy atom. The van der Waals surface area contributed by atoms with E-state index in [-0.39, 0.29) is 12.5 Å². The van der Waals surface area contributed by atoms with Crippen LogP contribution in [0.3, 0.4) is 0 Å². The van der Waals surface area contributed by atoms with Gasteiger partial charge in [-0.15, -0.1) is 0 Å². The van der Waals surface area contributed by atoms with Gasteiger partial charge in [0.1, 0.15) is 6.04 Å². The van der Waals surface area contributed by atoms with Crippen LogP contribution in [0.25, 0.3) is 0 Å². The molecule has 0 aliphatic heterocycles. The molecule has 116 valence electrons. The number of nitrogens with two attached hydrogens (primary N) is 1. The van der Waals surface area contributed by atoms with E-state index in [2.05, 4.69) is 15.0 Å². The molecule has 0 fully saturated rings. The number of carbonyl (C=O) groups is 2. The van der Waals surface area contributed by atoms with Crippen molar-refractivity contribution in [1.82, 2.24) is 10.3 Å². The SMILES string of the molecule is COC(=O)[C@@H](N)CCCCNC(=O)c1cncc(CO)c1. The summed E-state index contributed by atoms with van der Waals surface area (Å²) in [5, 5.41) is 11.7. The number of aromatic nitrogens is 1. The van der Waals surface area contributed by atoms with Crippen molar-refractivity contribution in [3.05, 3.63) is 29.6 Å². The van der Waals surface area contributed by atoms with Crippen LogP contribution in [-0.2, 0) is 16.1 Å². The van der Waals surface area contributed by atoms with Crippen LogP contribution in [0.15, 0.2) is 18.5 Å². The Kier molecular flexibility index (Phi) is 7.34. The number of hydrogen-bond acceptors (Lipinski definition) is 6. The van der Waals surface area contributed by atoms with Crippen molar-refractivity contribution >= 4 is 11.9 Å². The highest BCUT2D eigenvalue weighted by molar-refractivity contribution is 5.93. The lowest BCUT2D eigenvalue weighted by Gasteiger charge is -2.09. The van der Waals surface area contributed by atoms with Gasteiger partial charge in [0, 0.05) is 18.9 Å². The van der Waals surface area contributed by atoms with E-state index in [4.69, 9.17) is 10.8 Å². The Labute approximate surface area is 123 Å². The van der Waals surface area contributed by atoms with E-state index in [0.717, 1.165) is 0 Å². The van der Waals surface area contributed by atoms with Crippen molar-refractivity contribution in [2.24, 2.45) is 5.73 Å². The molecule has 1 aromatic heterocycles. The Balaban J connectivity index is 2.26. The number of methoxy groups -OCH3 is 1. The number of hydrogen-bond donors (Lipinski definition) is 3. The summed E-state index contributed by atoms with van der Waals surface area (Å²) in [6, 6.07) is 0.978. The average molecular weight is 295 g/mol. The Morgan fingerprint density at radius 2 is 2.19 bits per heavy atom. The summed E-state index contributed by atoms with van der Waals surface area (Å²) >= 11 is 0.